The van der Waals surface area contributed by atoms with Gasteiger partial charge < -0.3 is 14.5 Å². The average Bonchev–Trinajstić information content (AvgIpc) is 3.10. The van der Waals surface area contributed by atoms with E-state index in [1.165, 1.54) is 31.2 Å². The van der Waals surface area contributed by atoms with Gasteiger partial charge in [-0.3, -0.25) is 0 Å². The van der Waals surface area contributed by atoms with Crippen LogP contribution < -0.4 is 10.1 Å². The molecule has 0 aliphatic heterocycles. The molecule has 100 valence electrons. The zero-order chi connectivity index (χ0) is 13.2. The van der Waals surface area contributed by atoms with Gasteiger partial charge in [0.15, 0.2) is 11.6 Å². The Hall–Kier alpha value is -1.40. The van der Waals surface area contributed by atoms with E-state index in [1.807, 2.05) is 0 Å². The molecule has 0 unspecified atom stereocenters. The van der Waals surface area contributed by atoms with Crippen molar-refractivity contribution in [2.24, 2.45) is 0 Å². The number of hydrogen-bond acceptors (Lipinski definition) is 4. The van der Waals surface area contributed by atoms with Crippen molar-refractivity contribution in [3.8, 4) is 11.8 Å². The summed E-state index contributed by atoms with van der Waals surface area (Å²) in [6.07, 6.45) is 3.99. The van der Waals surface area contributed by atoms with E-state index in [-0.39, 0.29) is 11.8 Å². The SMILES string of the molecule is Fc1cc(Br)ccc1Oc1nc(CNC2CC2)co1. The van der Waals surface area contributed by atoms with E-state index in [9.17, 15) is 4.39 Å². The Balaban J connectivity index is 1.65. The molecule has 0 saturated heterocycles. The van der Waals surface area contributed by atoms with E-state index in [2.05, 4.69) is 26.2 Å². The number of benzene rings is 1. The van der Waals surface area contributed by atoms with Crippen molar-refractivity contribution in [2.75, 3.05) is 0 Å². The molecule has 2 aromatic rings. The molecule has 0 spiro atoms. The smallest absolute Gasteiger partial charge is 0.399 e. The third-order valence-corrected chi connectivity index (χ3v) is 3.26. The Morgan fingerprint density at radius 3 is 3.05 bits per heavy atom. The molecular formula is C13H12BrFN2O2. The molecule has 1 aromatic heterocycles. The van der Waals surface area contributed by atoms with Gasteiger partial charge in [0.2, 0.25) is 0 Å². The third-order valence-electron chi connectivity index (χ3n) is 2.77. The van der Waals surface area contributed by atoms with Gasteiger partial charge in [0, 0.05) is 17.1 Å². The first-order chi connectivity index (χ1) is 9.20. The van der Waals surface area contributed by atoms with Crippen LogP contribution in [0.5, 0.6) is 11.8 Å². The highest BCUT2D eigenvalue weighted by Gasteiger charge is 2.20. The van der Waals surface area contributed by atoms with Crippen LogP contribution in [0.3, 0.4) is 0 Å². The zero-order valence-corrected chi connectivity index (χ0v) is 11.6. The first-order valence-electron chi connectivity index (χ1n) is 6.01. The van der Waals surface area contributed by atoms with Gasteiger partial charge in [-0.15, -0.1) is 0 Å². The maximum absolute atomic E-state index is 13.6. The van der Waals surface area contributed by atoms with Crippen molar-refractivity contribution in [3.05, 3.63) is 40.4 Å². The van der Waals surface area contributed by atoms with Gasteiger partial charge in [0.25, 0.3) is 0 Å². The van der Waals surface area contributed by atoms with Gasteiger partial charge in [0.1, 0.15) is 6.26 Å². The molecular weight excluding hydrogens is 315 g/mol. The minimum atomic E-state index is -0.467. The van der Waals surface area contributed by atoms with E-state index in [4.69, 9.17) is 9.15 Å². The van der Waals surface area contributed by atoms with Gasteiger partial charge in [-0.2, -0.15) is 4.98 Å². The molecule has 1 aromatic carbocycles. The highest BCUT2D eigenvalue weighted by atomic mass is 79.9. The van der Waals surface area contributed by atoms with Crippen LogP contribution in [0.4, 0.5) is 4.39 Å². The molecule has 1 N–H and O–H groups in total. The predicted octanol–water partition coefficient (Wildman–Crippen LogP) is 3.62. The summed E-state index contributed by atoms with van der Waals surface area (Å²) in [6.45, 7) is 0.639. The standard InChI is InChI=1S/C13H12BrFN2O2/c14-8-1-4-12(11(15)5-8)19-13-17-10(7-18-13)6-16-9-2-3-9/h1,4-5,7,9,16H,2-3,6H2. The van der Waals surface area contributed by atoms with Gasteiger partial charge >= 0.3 is 6.08 Å². The lowest BCUT2D eigenvalue weighted by atomic mass is 10.3. The van der Waals surface area contributed by atoms with Crippen molar-refractivity contribution in [2.45, 2.75) is 25.4 Å². The van der Waals surface area contributed by atoms with Gasteiger partial charge in [0.05, 0.1) is 5.69 Å². The highest BCUT2D eigenvalue weighted by molar-refractivity contribution is 9.10. The largest absolute Gasteiger partial charge is 0.417 e. The fraction of sp³-hybridized carbons (Fsp3) is 0.308. The molecule has 1 saturated carbocycles. The Bertz CT molecular complexity index is 584. The molecule has 1 fully saturated rings. The second-order valence-corrected chi connectivity index (χ2v) is 5.35. The highest BCUT2D eigenvalue weighted by Crippen LogP contribution is 2.26. The van der Waals surface area contributed by atoms with E-state index < -0.39 is 5.82 Å². The summed E-state index contributed by atoms with van der Waals surface area (Å²) in [6, 6.07) is 5.14. The summed E-state index contributed by atoms with van der Waals surface area (Å²) in [7, 11) is 0. The molecule has 1 aliphatic rings. The number of aromatic nitrogens is 1. The number of ether oxygens (including phenoxy) is 1. The maximum atomic E-state index is 13.6. The van der Waals surface area contributed by atoms with Gasteiger partial charge in [-0.05, 0) is 31.0 Å². The van der Waals surface area contributed by atoms with Crippen LogP contribution in [0.1, 0.15) is 18.5 Å². The molecule has 4 nitrogen and oxygen atoms in total. The van der Waals surface area contributed by atoms with Crippen LogP contribution in [0.2, 0.25) is 0 Å². The first-order valence-corrected chi connectivity index (χ1v) is 6.81. The van der Waals surface area contributed by atoms with Crippen LogP contribution in [0.25, 0.3) is 0 Å². The lowest BCUT2D eigenvalue weighted by Crippen LogP contribution is -2.15. The van der Waals surface area contributed by atoms with Crippen LogP contribution in [0, 0.1) is 5.82 Å². The van der Waals surface area contributed by atoms with Crippen molar-refractivity contribution < 1.29 is 13.5 Å². The number of rotatable bonds is 5. The Kier molecular flexibility index (Phi) is 3.52. The number of hydrogen-bond donors (Lipinski definition) is 1. The first kappa shape index (κ1) is 12.6. The van der Waals surface area contributed by atoms with Crippen molar-refractivity contribution in [1.82, 2.24) is 10.3 Å². The summed E-state index contributed by atoms with van der Waals surface area (Å²) in [5, 5.41) is 3.31. The topological polar surface area (TPSA) is 47.3 Å². The normalized spacial score (nSPS) is 14.6. The molecule has 0 amide bonds. The van der Waals surface area contributed by atoms with E-state index in [0.29, 0.717) is 17.1 Å². The quantitative estimate of drug-likeness (QED) is 0.911. The number of nitrogens with one attached hydrogen (secondary N) is 1. The summed E-state index contributed by atoms with van der Waals surface area (Å²) < 4.78 is 24.6. The second kappa shape index (κ2) is 5.30. The lowest BCUT2D eigenvalue weighted by Gasteiger charge is -2.02. The fourth-order valence-corrected chi connectivity index (χ4v) is 1.94. The van der Waals surface area contributed by atoms with Gasteiger partial charge in [-0.1, -0.05) is 15.9 Å². The summed E-state index contributed by atoms with van der Waals surface area (Å²) in [5.74, 6) is -0.378. The summed E-state index contributed by atoms with van der Waals surface area (Å²) in [5.41, 5.74) is 0.749. The minimum Gasteiger partial charge on any atom is -0.417 e. The predicted molar refractivity (Wildman–Crippen MR) is 70.5 cm³/mol. The number of oxazole rings is 1. The fourth-order valence-electron chi connectivity index (χ4n) is 1.60. The Morgan fingerprint density at radius 2 is 2.32 bits per heavy atom. The minimum absolute atomic E-state index is 0.0498. The second-order valence-electron chi connectivity index (χ2n) is 4.44. The molecule has 6 heteroatoms. The molecule has 3 rings (SSSR count). The number of halogens is 2. The van der Waals surface area contributed by atoms with Crippen molar-refractivity contribution >= 4 is 15.9 Å². The third kappa shape index (κ3) is 3.33. The van der Waals surface area contributed by atoms with Crippen LogP contribution in [0.15, 0.2) is 33.4 Å². The molecule has 1 heterocycles. The molecule has 19 heavy (non-hydrogen) atoms. The maximum Gasteiger partial charge on any atom is 0.399 e. The average molecular weight is 327 g/mol. The van der Waals surface area contributed by atoms with E-state index >= 15 is 0 Å². The zero-order valence-electron chi connectivity index (χ0n) is 10.0. The monoisotopic (exact) mass is 326 g/mol. The summed E-state index contributed by atoms with van der Waals surface area (Å²) in [4.78, 5) is 4.14. The summed E-state index contributed by atoms with van der Waals surface area (Å²) >= 11 is 3.18. The van der Waals surface area contributed by atoms with Crippen LogP contribution in [-0.4, -0.2) is 11.0 Å². The molecule has 0 atom stereocenters. The Morgan fingerprint density at radius 1 is 1.47 bits per heavy atom. The van der Waals surface area contributed by atoms with Gasteiger partial charge in [-0.25, -0.2) is 4.39 Å². The Labute approximate surface area is 118 Å². The van der Waals surface area contributed by atoms with Crippen LogP contribution in [-0.2, 0) is 6.54 Å². The van der Waals surface area contributed by atoms with Crippen molar-refractivity contribution in [3.63, 3.8) is 0 Å². The van der Waals surface area contributed by atoms with E-state index in [1.54, 1.807) is 6.07 Å². The van der Waals surface area contributed by atoms with Crippen LogP contribution >= 0.6 is 15.9 Å². The number of nitrogens with zero attached hydrogens (tertiary/aromatic N) is 1. The lowest BCUT2D eigenvalue weighted by molar-refractivity contribution is 0.318. The molecule has 1 aliphatic carbocycles. The van der Waals surface area contributed by atoms with Crippen molar-refractivity contribution in [1.29, 1.82) is 0 Å². The molecule has 0 radical (unpaired) electrons. The molecule has 0 bridgehead atoms. The van der Waals surface area contributed by atoms with E-state index in [0.717, 1.165) is 5.69 Å².